The Morgan fingerprint density at radius 1 is 1.12 bits per heavy atom. The number of carbonyl (C=O) groups is 1. The highest BCUT2D eigenvalue weighted by Crippen LogP contribution is 2.39. The summed E-state index contributed by atoms with van der Waals surface area (Å²) < 4.78 is 0. The molecule has 0 atom stereocenters. The molecule has 0 aliphatic heterocycles. The highest BCUT2D eigenvalue weighted by molar-refractivity contribution is 5.69. The Kier molecular flexibility index (Phi) is 3.13. The summed E-state index contributed by atoms with van der Waals surface area (Å²) in [5.74, 6) is 0.560. The lowest BCUT2D eigenvalue weighted by atomic mass is 9.80. The Balaban J connectivity index is 2.29. The van der Waals surface area contributed by atoms with Crippen LogP contribution in [0.5, 0.6) is 0 Å². The molecular weight excluding hydrogens is 196 g/mol. The first kappa shape index (κ1) is 11.4. The number of rotatable bonds is 3. The van der Waals surface area contributed by atoms with Crippen molar-refractivity contribution in [1.82, 2.24) is 0 Å². The maximum absolute atomic E-state index is 11.3. The van der Waals surface area contributed by atoms with Crippen molar-refractivity contribution in [1.29, 1.82) is 0 Å². The molecule has 2 rings (SSSR count). The second-order valence-electron chi connectivity index (χ2n) is 5.26. The molecule has 16 heavy (non-hydrogen) atoms. The number of aldehydes is 1. The molecular formula is C15H20O. The molecule has 0 radical (unpaired) electrons. The van der Waals surface area contributed by atoms with Gasteiger partial charge in [0, 0.05) is 0 Å². The van der Waals surface area contributed by atoms with Crippen molar-refractivity contribution in [2.45, 2.75) is 50.9 Å². The second-order valence-corrected chi connectivity index (χ2v) is 5.26. The Bertz CT molecular complexity index is 356. The average Bonchev–Trinajstić information content (AvgIpc) is 2.79. The fourth-order valence-electron chi connectivity index (χ4n) is 2.68. The van der Waals surface area contributed by atoms with Gasteiger partial charge in [-0.1, -0.05) is 51.0 Å². The molecule has 0 spiro atoms. The van der Waals surface area contributed by atoms with Gasteiger partial charge in [-0.05, 0) is 29.9 Å². The van der Waals surface area contributed by atoms with Gasteiger partial charge in [0.15, 0.2) is 0 Å². The molecule has 1 saturated carbocycles. The van der Waals surface area contributed by atoms with E-state index >= 15 is 0 Å². The maximum atomic E-state index is 11.3. The van der Waals surface area contributed by atoms with Crippen LogP contribution in [0, 0.1) is 0 Å². The molecule has 0 amide bonds. The molecule has 1 aromatic rings. The van der Waals surface area contributed by atoms with E-state index in [4.69, 9.17) is 0 Å². The summed E-state index contributed by atoms with van der Waals surface area (Å²) in [5, 5.41) is 0. The quantitative estimate of drug-likeness (QED) is 0.702. The van der Waals surface area contributed by atoms with Gasteiger partial charge in [0.1, 0.15) is 6.29 Å². The summed E-state index contributed by atoms with van der Waals surface area (Å²) in [6, 6.07) is 8.64. The zero-order valence-corrected chi connectivity index (χ0v) is 10.2. The van der Waals surface area contributed by atoms with Crippen LogP contribution in [0.15, 0.2) is 24.3 Å². The van der Waals surface area contributed by atoms with Crippen LogP contribution in [0.1, 0.15) is 56.6 Å². The van der Waals surface area contributed by atoms with Gasteiger partial charge in [0.05, 0.1) is 5.41 Å². The zero-order valence-electron chi connectivity index (χ0n) is 10.2. The van der Waals surface area contributed by atoms with Crippen molar-refractivity contribution >= 4 is 6.29 Å². The molecule has 1 aliphatic carbocycles. The van der Waals surface area contributed by atoms with Crippen molar-refractivity contribution < 1.29 is 4.79 Å². The SMILES string of the molecule is CC(C)c1ccc(C2(C=O)CCCC2)cc1. The van der Waals surface area contributed by atoms with Crippen LogP contribution < -0.4 is 0 Å². The van der Waals surface area contributed by atoms with Crippen molar-refractivity contribution in [3.05, 3.63) is 35.4 Å². The summed E-state index contributed by atoms with van der Waals surface area (Å²) in [4.78, 5) is 11.3. The van der Waals surface area contributed by atoms with E-state index in [0.717, 1.165) is 12.8 Å². The number of benzene rings is 1. The third kappa shape index (κ3) is 1.91. The normalized spacial score (nSPS) is 18.9. The fraction of sp³-hybridized carbons (Fsp3) is 0.533. The maximum Gasteiger partial charge on any atom is 0.130 e. The lowest BCUT2D eigenvalue weighted by molar-refractivity contribution is -0.112. The van der Waals surface area contributed by atoms with Crippen LogP contribution in [-0.2, 0) is 10.2 Å². The highest BCUT2D eigenvalue weighted by Gasteiger charge is 2.35. The molecule has 0 unspecified atom stereocenters. The highest BCUT2D eigenvalue weighted by atomic mass is 16.1. The minimum Gasteiger partial charge on any atom is -0.302 e. The summed E-state index contributed by atoms with van der Waals surface area (Å²) >= 11 is 0. The van der Waals surface area contributed by atoms with E-state index in [2.05, 4.69) is 38.1 Å². The largest absolute Gasteiger partial charge is 0.302 e. The molecule has 0 N–H and O–H groups in total. The van der Waals surface area contributed by atoms with E-state index in [1.165, 1.54) is 30.3 Å². The number of hydrogen-bond acceptors (Lipinski definition) is 1. The molecule has 1 nitrogen and oxygen atoms in total. The molecule has 86 valence electrons. The molecule has 0 aromatic heterocycles. The van der Waals surface area contributed by atoms with Gasteiger partial charge >= 0.3 is 0 Å². The van der Waals surface area contributed by atoms with Crippen LogP contribution in [0.3, 0.4) is 0 Å². The first-order valence-electron chi connectivity index (χ1n) is 6.25. The van der Waals surface area contributed by atoms with Crippen molar-refractivity contribution in [2.75, 3.05) is 0 Å². The van der Waals surface area contributed by atoms with Gasteiger partial charge in [-0.15, -0.1) is 0 Å². The predicted molar refractivity (Wildman–Crippen MR) is 66.7 cm³/mol. The molecule has 0 saturated heterocycles. The summed E-state index contributed by atoms with van der Waals surface area (Å²) in [5.41, 5.74) is 2.39. The third-order valence-corrected chi connectivity index (χ3v) is 3.87. The van der Waals surface area contributed by atoms with Crippen LogP contribution in [-0.4, -0.2) is 6.29 Å². The third-order valence-electron chi connectivity index (χ3n) is 3.87. The molecule has 0 bridgehead atoms. The Morgan fingerprint density at radius 2 is 1.69 bits per heavy atom. The van der Waals surface area contributed by atoms with Crippen molar-refractivity contribution in [3.8, 4) is 0 Å². The monoisotopic (exact) mass is 216 g/mol. The zero-order chi connectivity index (χ0) is 11.6. The van der Waals surface area contributed by atoms with Gasteiger partial charge in [-0.3, -0.25) is 0 Å². The van der Waals surface area contributed by atoms with E-state index in [1.54, 1.807) is 0 Å². The van der Waals surface area contributed by atoms with Crippen LogP contribution >= 0.6 is 0 Å². The number of carbonyl (C=O) groups excluding carboxylic acids is 1. The van der Waals surface area contributed by atoms with Crippen molar-refractivity contribution in [3.63, 3.8) is 0 Å². The molecule has 1 fully saturated rings. The van der Waals surface area contributed by atoms with Crippen molar-refractivity contribution in [2.24, 2.45) is 0 Å². The first-order valence-corrected chi connectivity index (χ1v) is 6.25. The molecule has 0 heterocycles. The summed E-state index contributed by atoms with van der Waals surface area (Å²) in [7, 11) is 0. The van der Waals surface area contributed by atoms with Gasteiger partial charge in [0.2, 0.25) is 0 Å². The molecule has 1 heteroatoms. The predicted octanol–water partition coefficient (Wildman–Crippen LogP) is 3.82. The Morgan fingerprint density at radius 3 is 2.12 bits per heavy atom. The van der Waals surface area contributed by atoms with E-state index in [0.29, 0.717) is 5.92 Å². The lowest BCUT2D eigenvalue weighted by Gasteiger charge is -2.22. The molecule has 1 aliphatic rings. The second kappa shape index (κ2) is 4.40. The minimum absolute atomic E-state index is 0.171. The van der Waals surface area contributed by atoms with Crippen LogP contribution in [0.25, 0.3) is 0 Å². The fourth-order valence-corrected chi connectivity index (χ4v) is 2.68. The van der Waals surface area contributed by atoms with Gasteiger partial charge < -0.3 is 4.79 Å². The van der Waals surface area contributed by atoms with Crippen LogP contribution in [0.2, 0.25) is 0 Å². The number of hydrogen-bond donors (Lipinski definition) is 0. The Hall–Kier alpha value is -1.11. The minimum atomic E-state index is -0.171. The van der Waals surface area contributed by atoms with E-state index < -0.39 is 0 Å². The van der Waals surface area contributed by atoms with E-state index in [9.17, 15) is 4.79 Å². The van der Waals surface area contributed by atoms with Gasteiger partial charge in [-0.25, -0.2) is 0 Å². The summed E-state index contributed by atoms with van der Waals surface area (Å²) in [6.07, 6.45) is 5.59. The topological polar surface area (TPSA) is 17.1 Å². The summed E-state index contributed by atoms with van der Waals surface area (Å²) in [6.45, 7) is 4.39. The van der Waals surface area contributed by atoms with E-state index in [-0.39, 0.29) is 5.41 Å². The smallest absolute Gasteiger partial charge is 0.130 e. The lowest BCUT2D eigenvalue weighted by Crippen LogP contribution is -2.23. The van der Waals surface area contributed by atoms with E-state index in [1.807, 2.05) is 0 Å². The van der Waals surface area contributed by atoms with Crippen LogP contribution in [0.4, 0.5) is 0 Å². The average molecular weight is 216 g/mol. The standard InChI is InChI=1S/C15H20O/c1-12(2)13-5-7-14(8-6-13)15(11-16)9-3-4-10-15/h5-8,11-12H,3-4,9-10H2,1-2H3. The Labute approximate surface area is 97.9 Å². The van der Waals surface area contributed by atoms with Gasteiger partial charge in [-0.2, -0.15) is 0 Å². The molecule has 1 aromatic carbocycles. The first-order chi connectivity index (χ1) is 7.68. The van der Waals surface area contributed by atoms with Gasteiger partial charge in [0.25, 0.3) is 0 Å².